The molecule has 5 rings (SSSR count). The van der Waals surface area contributed by atoms with Crippen molar-refractivity contribution >= 4 is 33.3 Å². The summed E-state index contributed by atoms with van der Waals surface area (Å²) >= 11 is 2.90. The first kappa shape index (κ1) is 20.5. The van der Waals surface area contributed by atoms with Gasteiger partial charge in [0.25, 0.3) is 5.56 Å². The molecule has 0 fully saturated rings. The molecule has 0 atom stereocenters. The van der Waals surface area contributed by atoms with E-state index < -0.39 is 0 Å². The van der Waals surface area contributed by atoms with E-state index >= 15 is 0 Å². The first-order valence-electron chi connectivity index (χ1n) is 9.78. The van der Waals surface area contributed by atoms with Gasteiger partial charge < -0.3 is 9.26 Å². The summed E-state index contributed by atoms with van der Waals surface area (Å²) in [4.78, 5) is 23.8. The second-order valence-corrected chi connectivity index (χ2v) is 8.96. The topological polar surface area (TPSA) is 83.0 Å². The number of aromatic nitrogens is 4. The normalized spacial score (nSPS) is 11.2. The number of methoxy groups -OCH3 is 1. The summed E-state index contributed by atoms with van der Waals surface area (Å²) in [6.07, 6.45) is 0. The van der Waals surface area contributed by atoms with E-state index in [0.29, 0.717) is 28.0 Å². The molecule has 2 aromatic carbocycles. The standard InChI is InChI=1S/C23H18N4O3S2/c1-27-22(28)17-12-18(14-7-4-3-5-8-14)32-21(17)25-23(27)31-13-19-24-20(26-30-19)15-9-6-10-16(11-15)29-2/h3-12H,13H2,1-2H3. The van der Waals surface area contributed by atoms with E-state index in [4.69, 9.17) is 14.2 Å². The van der Waals surface area contributed by atoms with Crippen LogP contribution in [0.1, 0.15) is 5.89 Å². The van der Waals surface area contributed by atoms with E-state index in [1.54, 1.807) is 18.7 Å². The zero-order chi connectivity index (χ0) is 22.1. The maximum absolute atomic E-state index is 12.9. The number of hydrogen-bond donors (Lipinski definition) is 0. The summed E-state index contributed by atoms with van der Waals surface area (Å²) in [5, 5.41) is 5.28. The van der Waals surface area contributed by atoms with Gasteiger partial charge in [-0.15, -0.1) is 11.3 Å². The SMILES string of the molecule is COc1cccc(-c2noc(CSc3nc4sc(-c5ccccc5)cc4c(=O)n3C)n2)c1. The molecule has 0 saturated heterocycles. The van der Waals surface area contributed by atoms with Crippen molar-refractivity contribution in [3.63, 3.8) is 0 Å². The van der Waals surface area contributed by atoms with Gasteiger partial charge in [0.2, 0.25) is 11.7 Å². The van der Waals surface area contributed by atoms with Crippen LogP contribution in [0.5, 0.6) is 5.75 Å². The lowest BCUT2D eigenvalue weighted by Gasteiger charge is -2.05. The molecule has 0 spiro atoms. The molecule has 0 aliphatic heterocycles. The summed E-state index contributed by atoms with van der Waals surface area (Å²) in [5.41, 5.74) is 1.81. The Kier molecular flexibility index (Phi) is 5.50. The van der Waals surface area contributed by atoms with Crippen molar-refractivity contribution in [1.29, 1.82) is 0 Å². The third-order valence-corrected chi connectivity index (χ3v) is 7.00. The van der Waals surface area contributed by atoms with E-state index in [0.717, 1.165) is 26.6 Å². The molecule has 0 aliphatic carbocycles. The van der Waals surface area contributed by atoms with Crippen molar-refractivity contribution in [3.05, 3.63) is 76.9 Å². The third kappa shape index (κ3) is 3.92. The van der Waals surface area contributed by atoms with Crippen molar-refractivity contribution in [3.8, 4) is 27.6 Å². The van der Waals surface area contributed by atoms with Gasteiger partial charge in [0.1, 0.15) is 10.6 Å². The summed E-state index contributed by atoms with van der Waals surface area (Å²) in [5.74, 6) is 2.07. The summed E-state index contributed by atoms with van der Waals surface area (Å²) in [7, 11) is 3.34. The van der Waals surface area contributed by atoms with Gasteiger partial charge in [0, 0.05) is 17.5 Å². The van der Waals surface area contributed by atoms with Crippen molar-refractivity contribution in [2.45, 2.75) is 10.9 Å². The lowest BCUT2D eigenvalue weighted by atomic mass is 10.2. The Morgan fingerprint density at radius 3 is 2.69 bits per heavy atom. The second-order valence-electron chi connectivity index (χ2n) is 6.99. The fraction of sp³-hybridized carbons (Fsp3) is 0.130. The lowest BCUT2D eigenvalue weighted by molar-refractivity contribution is 0.391. The Labute approximate surface area is 191 Å². The van der Waals surface area contributed by atoms with Crippen LogP contribution in [-0.2, 0) is 12.8 Å². The molecule has 32 heavy (non-hydrogen) atoms. The Balaban J connectivity index is 1.39. The number of nitrogens with zero attached hydrogens (tertiary/aromatic N) is 4. The van der Waals surface area contributed by atoms with E-state index in [1.165, 1.54) is 23.1 Å². The molecule has 160 valence electrons. The van der Waals surface area contributed by atoms with Crippen molar-refractivity contribution in [1.82, 2.24) is 19.7 Å². The van der Waals surface area contributed by atoms with Gasteiger partial charge >= 0.3 is 0 Å². The first-order chi connectivity index (χ1) is 15.6. The Morgan fingerprint density at radius 1 is 1.06 bits per heavy atom. The van der Waals surface area contributed by atoms with E-state index in [1.807, 2.05) is 60.7 Å². The third-order valence-electron chi connectivity index (χ3n) is 4.91. The summed E-state index contributed by atoms with van der Waals surface area (Å²) in [6.45, 7) is 0. The van der Waals surface area contributed by atoms with E-state index in [9.17, 15) is 4.79 Å². The quantitative estimate of drug-likeness (QED) is 0.259. The maximum Gasteiger partial charge on any atom is 0.262 e. The molecule has 5 aromatic rings. The van der Waals surface area contributed by atoms with Crippen LogP contribution in [0.2, 0.25) is 0 Å². The highest BCUT2D eigenvalue weighted by atomic mass is 32.2. The van der Waals surface area contributed by atoms with Gasteiger partial charge in [-0.05, 0) is 23.8 Å². The van der Waals surface area contributed by atoms with Crippen LogP contribution < -0.4 is 10.3 Å². The van der Waals surface area contributed by atoms with Gasteiger partial charge in [-0.1, -0.05) is 59.4 Å². The first-order valence-corrected chi connectivity index (χ1v) is 11.6. The molecule has 0 aliphatic rings. The van der Waals surface area contributed by atoms with Gasteiger partial charge in [-0.2, -0.15) is 4.98 Å². The molecular weight excluding hydrogens is 444 g/mol. The molecule has 0 amide bonds. The largest absolute Gasteiger partial charge is 0.497 e. The molecule has 0 bridgehead atoms. The summed E-state index contributed by atoms with van der Waals surface area (Å²) in [6, 6.07) is 19.4. The zero-order valence-electron chi connectivity index (χ0n) is 17.3. The lowest BCUT2D eigenvalue weighted by Crippen LogP contribution is -2.19. The average Bonchev–Trinajstić information content (AvgIpc) is 3.49. The zero-order valence-corrected chi connectivity index (χ0v) is 18.9. The molecule has 0 N–H and O–H groups in total. The van der Waals surface area contributed by atoms with Crippen LogP contribution in [0.4, 0.5) is 0 Å². The van der Waals surface area contributed by atoms with Crippen LogP contribution in [0, 0.1) is 0 Å². The molecule has 7 nitrogen and oxygen atoms in total. The Hall–Kier alpha value is -3.43. The predicted molar refractivity (Wildman–Crippen MR) is 126 cm³/mol. The van der Waals surface area contributed by atoms with Crippen molar-refractivity contribution in [2.24, 2.45) is 7.05 Å². The van der Waals surface area contributed by atoms with Crippen LogP contribution in [0.15, 0.2) is 75.1 Å². The highest BCUT2D eigenvalue weighted by molar-refractivity contribution is 7.98. The maximum atomic E-state index is 12.9. The summed E-state index contributed by atoms with van der Waals surface area (Å²) < 4.78 is 12.2. The van der Waals surface area contributed by atoms with Crippen LogP contribution >= 0.6 is 23.1 Å². The Morgan fingerprint density at radius 2 is 1.88 bits per heavy atom. The Bertz CT molecular complexity index is 1460. The van der Waals surface area contributed by atoms with Crippen molar-refractivity contribution < 1.29 is 9.26 Å². The minimum atomic E-state index is -0.0708. The fourth-order valence-corrected chi connectivity index (χ4v) is 5.13. The predicted octanol–water partition coefficient (Wildman–Crippen LogP) is 5.01. The number of hydrogen-bond acceptors (Lipinski definition) is 8. The highest BCUT2D eigenvalue weighted by Gasteiger charge is 2.15. The van der Waals surface area contributed by atoms with Gasteiger partial charge in [0.05, 0.1) is 18.2 Å². The van der Waals surface area contributed by atoms with E-state index in [-0.39, 0.29) is 5.56 Å². The van der Waals surface area contributed by atoms with E-state index in [2.05, 4.69) is 10.1 Å². The highest BCUT2D eigenvalue weighted by Crippen LogP contribution is 2.32. The second kappa shape index (κ2) is 8.60. The van der Waals surface area contributed by atoms with Crippen molar-refractivity contribution in [2.75, 3.05) is 7.11 Å². The van der Waals surface area contributed by atoms with Crippen LogP contribution in [0.25, 0.3) is 32.0 Å². The molecule has 3 aromatic heterocycles. The molecule has 0 saturated carbocycles. The van der Waals surface area contributed by atoms with Crippen LogP contribution in [0.3, 0.4) is 0 Å². The van der Waals surface area contributed by atoms with Gasteiger partial charge in [0.15, 0.2) is 5.16 Å². The molecule has 3 heterocycles. The monoisotopic (exact) mass is 462 g/mol. The number of fused-ring (bicyclic) bond motifs is 1. The smallest absolute Gasteiger partial charge is 0.262 e. The van der Waals surface area contributed by atoms with Crippen LogP contribution in [-0.4, -0.2) is 26.8 Å². The molecule has 0 unspecified atom stereocenters. The van der Waals surface area contributed by atoms with Gasteiger partial charge in [-0.3, -0.25) is 9.36 Å². The number of ether oxygens (including phenoxy) is 1. The molecule has 0 radical (unpaired) electrons. The minimum absolute atomic E-state index is 0.0708. The van der Waals surface area contributed by atoms with Gasteiger partial charge in [-0.25, -0.2) is 4.98 Å². The molecule has 9 heteroatoms. The fourth-order valence-electron chi connectivity index (χ4n) is 3.24. The minimum Gasteiger partial charge on any atom is -0.497 e. The molecular formula is C23H18N4O3S2. The number of rotatable bonds is 6. The number of thiophene rings is 1. The number of thioether (sulfide) groups is 1. The number of benzene rings is 2. The average molecular weight is 463 g/mol.